The number of Topliss-reactive ketones (excluding diaryl/α,β-unsaturated/α-hetero) is 1. The van der Waals surface area contributed by atoms with E-state index in [9.17, 15) is 9.59 Å². The first-order valence-corrected chi connectivity index (χ1v) is 8.13. The Hall–Kier alpha value is -2.14. The monoisotopic (exact) mass is 375 g/mol. The van der Waals surface area contributed by atoms with Crippen LogP contribution >= 0.6 is 15.9 Å². The molecule has 0 saturated carbocycles. The molecule has 2 rings (SSSR count). The Kier molecular flexibility index (Phi) is 6.35. The van der Waals surface area contributed by atoms with Gasteiger partial charge in [-0.1, -0.05) is 15.9 Å². The molecule has 0 bridgehead atoms. The van der Waals surface area contributed by atoms with Gasteiger partial charge in [0.05, 0.1) is 6.61 Å². The van der Waals surface area contributed by atoms with E-state index in [0.29, 0.717) is 30.7 Å². The molecule has 0 unspecified atom stereocenters. The lowest BCUT2D eigenvalue weighted by Crippen LogP contribution is -2.12. The fraction of sp³-hybridized carbons (Fsp3) is 0.222. The van der Waals surface area contributed by atoms with Gasteiger partial charge in [-0.25, -0.2) is 0 Å². The predicted molar refractivity (Wildman–Crippen MR) is 93.9 cm³/mol. The second-order valence-electron chi connectivity index (χ2n) is 5.09. The van der Waals surface area contributed by atoms with Gasteiger partial charge in [-0.05, 0) is 61.9 Å². The lowest BCUT2D eigenvalue weighted by atomic mass is 10.1. The number of anilines is 1. The van der Waals surface area contributed by atoms with Gasteiger partial charge >= 0.3 is 0 Å². The summed E-state index contributed by atoms with van der Waals surface area (Å²) in [5, 5.41) is 2.80. The highest BCUT2D eigenvalue weighted by molar-refractivity contribution is 9.10. The van der Waals surface area contributed by atoms with Crippen molar-refractivity contribution in [3.63, 3.8) is 0 Å². The molecule has 0 aromatic heterocycles. The largest absolute Gasteiger partial charge is 0.494 e. The van der Waals surface area contributed by atoms with Crippen LogP contribution in [0.25, 0.3) is 0 Å². The minimum Gasteiger partial charge on any atom is -0.494 e. The Morgan fingerprint density at radius 1 is 1.04 bits per heavy atom. The van der Waals surface area contributed by atoms with Crippen LogP contribution in [0.15, 0.2) is 53.0 Å². The van der Waals surface area contributed by atoms with Crippen LogP contribution in [0.3, 0.4) is 0 Å². The summed E-state index contributed by atoms with van der Waals surface area (Å²) < 4.78 is 6.57. The smallest absolute Gasteiger partial charge is 0.224 e. The van der Waals surface area contributed by atoms with Crippen LogP contribution in [0, 0.1) is 0 Å². The van der Waals surface area contributed by atoms with Gasteiger partial charge in [0.25, 0.3) is 0 Å². The number of ether oxygens (including phenoxy) is 1. The fourth-order valence-electron chi connectivity index (χ4n) is 1.97. The van der Waals surface area contributed by atoms with Crippen LogP contribution in [-0.2, 0) is 4.79 Å². The van der Waals surface area contributed by atoms with Crippen molar-refractivity contribution >= 4 is 33.3 Å². The molecule has 0 fully saturated rings. The van der Waals surface area contributed by atoms with Gasteiger partial charge in [-0.3, -0.25) is 9.59 Å². The number of ketones is 1. The van der Waals surface area contributed by atoms with Crippen molar-refractivity contribution in [1.82, 2.24) is 0 Å². The molecule has 5 heteroatoms. The third kappa shape index (κ3) is 5.87. The minimum atomic E-state index is -0.0695. The maximum atomic E-state index is 11.8. The van der Waals surface area contributed by atoms with Crippen molar-refractivity contribution in [1.29, 1.82) is 0 Å². The Bertz CT molecular complexity index is 666. The van der Waals surface area contributed by atoms with Gasteiger partial charge in [0.15, 0.2) is 5.78 Å². The highest BCUT2D eigenvalue weighted by Crippen LogP contribution is 2.16. The predicted octanol–water partition coefficient (Wildman–Crippen LogP) is 4.45. The van der Waals surface area contributed by atoms with Crippen LogP contribution in [-0.4, -0.2) is 18.3 Å². The van der Waals surface area contributed by atoms with Gasteiger partial charge in [0.2, 0.25) is 5.91 Å². The standard InChI is InChI=1S/C18H18BrNO3/c1-13(21)14-4-8-16(9-5-14)20-18(22)3-2-12-23-17-10-6-15(19)7-11-17/h4-11H,2-3,12H2,1H3,(H,20,22). The Morgan fingerprint density at radius 3 is 2.30 bits per heavy atom. The quantitative estimate of drug-likeness (QED) is 0.574. The number of benzene rings is 2. The number of carbonyl (C=O) groups is 2. The summed E-state index contributed by atoms with van der Waals surface area (Å²) in [5.74, 6) is 0.723. The van der Waals surface area contributed by atoms with E-state index in [1.165, 1.54) is 6.92 Å². The zero-order valence-electron chi connectivity index (χ0n) is 12.8. The number of hydrogen-bond acceptors (Lipinski definition) is 3. The van der Waals surface area contributed by atoms with Gasteiger partial charge in [0.1, 0.15) is 5.75 Å². The molecule has 2 aromatic carbocycles. The summed E-state index contributed by atoms with van der Waals surface area (Å²) in [4.78, 5) is 23.0. The summed E-state index contributed by atoms with van der Waals surface area (Å²) in [7, 11) is 0. The third-order valence-electron chi connectivity index (χ3n) is 3.21. The van der Waals surface area contributed by atoms with E-state index in [4.69, 9.17) is 4.74 Å². The first-order chi connectivity index (χ1) is 11.0. The van der Waals surface area contributed by atoms with E-state index in [2.05, 4.69) is 21.2 Å². The van der Waals surface area contributed by atoms with Crippen molar-refractivity contribution in [2.45, 2.75) is 19.8 Å². The number of amides is 1. The Labute approximate surface area is 144 Å². The average Bonchev–Trinajstić information content (AvgIpc) is 2.54. The summed E-state index contributed by atoms with van der Waals surface area (Å²) in [6.07, 6.45) is 1.01. The number of rotatable bonds is 7. The average molecular weight is 376 g/mol. The third-order valence-corrected chi connectivity index (χ3v) is 3.73. The van der Waals surface area contributed by atoms with Crippen molar-refractivity contribution < 1.29 is 14.3 Å². The van der Waals surface area contributed by atoms with Crippen molar-refractivity contribution in [2.75, 3.05) is 11.9 Å². The lowest BCUT2D eigenvalue weighted by molar-refractivity contribution is -0.116. The summed E-state index contributed by atoms with van der Waals surface area (Å²) in [6.45, 7) is 2.00. The first-order valence-electron chi connectivity index (χ1n) is 7.34. The Balaban J connectivity index is 1.70. The molecule has 1 N–H and O–H groups in total. The SMILES string of the molecule is CC(=O)c1ccc(NC(=O)CCCOc2ccc(Br)cc2)cc1. The molecule has 0 aliphatic heterocycles. The first kappa shape index (κ1) is 17.2. The topological polar surface area (TPSA) is 55.4 Å². The second-order valence-corrected chi connectivity index (χ2v) is 6.00. The van der Waals surface area contributed by atoms with Crippen LogP contribution in [0.2, 0.25) is 0 Å². The van der Waals surface area contributed by atoms with E-state index >= 15 is 0 Å². The fourth-order valence-corrected chi connectivity index (χ4v) is 2.23. The van der Waals surface area contributed by atoms with Crippen molar-refractivity contribution in [2.24, 2.45) is 0 Å². The highest BCUT2D eigenvalue weighted by atomic mass is 79.9. The number of carbonyl (C=O) groups excluding carboxylic acids is 2. The molecule has 0 aliphatic rings. The van der Waals surface area contributed by atoms with E-state index in [-0.39, 0.29) is 11.7 Å². The van der Waals surface area contributed by atoms with Gasteiger partial charge < -0.3 is 10.1 Å². The van der Waals surface area contributed by atoms with Crippen LogP contribution in [0.5, 0.6) is 5.75 Å². The minimum absolute atomic E-state index is 0.00738. The maximum absolute atomic E-state index is 11.8. The molecule has 0 atom stereocenters. The zero-order valence-corrected chi connectivity index (χ0v) is 14.4. The number of nitrogens with one attached hydrogen (secondary N) is 1. The summed E-state index contributed by atoms with van der Waals surface area (Å²) in [6, 6.07) is 14.4. The van der Waals surface area contributed by atoms with E-state index < -0.39 is 0 Å². The molecule has 120 valence electrons. The molecule has 0 radical (unpaired) electrons. The van der Waals surface area contributed by atoms with Crippen LogP contribution < -0.4 is 10.1 Å². The molecule has 0 saturated heterocycles. The number of hydrogen-bond donors (Lipinski definition) is 1. The second kappa shape index (κ2) is 8.48. The van der Waals surface area contributed by atoms with Crippen LogP contribution in [0.4, 0.5) is 5.69 Å². The molecular weight excluding hydrogens is 358 g/mol. The summed E-state index contributed by atoms with van der Waals surface area (Å²) >= 11 is 3.36. The summed E-state index contributed by atoms with van der Waals surface area (Å²) in [5.41, 5.74) is 1.32. The molecule has 0 heterocycles. The van der Waals surface area contributed by atoms with E-state index in [1.54, 1.807) is 24.3 Å². The van der Waals surface area contributed by atoms with Gasteiger partial charge in [-0.2, -0.15) is 0 Å². The molecule has 0 spiro atoms. The van der Waals surface area contributed by atoms with Gasteiger partial charge in [-0.15, -0.1) is 0 Å². The zero-order chi connectivity index (χ0) is 16.7. The van der Waals surface area contributed by atoms with Gasteiger partial charge in [0, 0.05) is 22.1 Å². The molecule has 23 heavy (non-hydrogen) atoms. The van der Waals surface area contributed by atoms with Crippen LogP contribution in [0.1, 0.15) is 30.1 Å². The van der Waals surface area contributed by atoms with Crippen molar-refractivity contribution in [3.05, 3.63) is 58.6 Å². The molecule has 2 aromatic rings. The lowest BCUT2D eigenvalue weighted by Gasteiger charge is -2.07. The molecule has 4 nitrogen and oxygen atoms in total. The molecular formula is C18H18BrNO3. The number of halogens is 1. The van der Waals surface area contributed by atoms with E-state index in [0.717, 1.165) is 10.2 Å². The molecule has 0 aliphatic carbocycles. The normalized spacial score (nSPS) is 10.2. The Morgan fingerprint density at radius 2 is 1.70 bits per heavy atom. The molecule has 1 amide bonds. The maximum Gasteiger partial charge on any atom is 0.224 e. The highest BCUT2D eigenvalue weighted by Gasteiger charge is 2.04. The van der Waals surface area contributed by atoms with Crippen molar-refractivity contribution in [3.8, 4) is 5.75 Å². The van der Waals surface area contributed by atoms with E-state index in [1.807, 2.05) is 24.3 Å².